The lowest BCUT2D eigenvalue weighted by Gasteiger charge is -2.40. The van der Waals surface area contributed by atoms with Crippen LogP contribution in [0.5, 0.6) is 0 Å². The number of thiophene rings is 1. The van der Waals surface area contributed by atoms with Crippen molar-refractivity contribution >= 4 is 33.3 Å². The van der Waals surface area contributed by atoms with Crippen molar-refractivity contribution in [2.45, 2.75) is 26.8 Å². The van der Waals surface area contributed by atoms with Crippen LogP contribution in [0.1, 0.15) is 18.7 Å². The van der Waals surface area contributed by atoms with Gasteiger partial charge in [0, 0.05) is 30.6 Å². The number of nitrogens with two attached hydrogens (primary N) is 1. The monoisotopic (exact) mass is 306 g/mol. The van der Waals surface area contributed by atoms with E-state index in [0.29, 0.717) is 12.0 Å². The summed E-state index contributed by atoms with van der Waals surface area (Å²) in [4.78, 5) is 16.2. The third kappa shape index (κ3) is 2.68. The van der Waals surface area contributed by atoms with Gasteiger partial charge in [-0.1, -0.05) is 6.92 Å². The highest BCUT2D eigenvalue weighted by Gasteiger charge is 2.25. The van der Waals surface area contributed by atoms with E-state index < -0.39 is 0 Å². The highest BCUT2D eigenvalue weighted by molar-refractivity contribution is 7.18. The highest BCUT2D eigenvalue weighted by atomic mass is 32.1. The molecule has 0 spiro atoms. The molecule has 0 saturated carbocycles. The van der Waals surface area contributed by atoms with Crippen molar-refractivity contribution < 1.29 is 0 Å². The van der Waals surface area contributed by atoms with Crippen molar-refractivity contribution in [3.63, 3.8) is 0 Å². The van der Waals surface area contributed by atoms with Gasteiger partial charge in [0.2, 0.25) is 5.95 Å². The molecule has 1 unspecified atom stereocenters. The molecule has 7 heteroatoms. The van der Waals surface area contributed by atoms with Crippen LogP contribution in [0.25, 0.3) is 10.2 Å². The fraction of sp³-hybridized carbons (Fsp3) is 0.571. The van der Waals surface area contributed by atoms with E-state index >= 15 is 0 Å². The van der Waals surface area contributed by atoms with E-state index in [0.717, 1.165) is 42.2 Å². The van der Waals surface area contributed by atoms with E-state index in [-0.39, 0.29) is 0 Å². The number of nitrogens with one attached hydrogen (secondary N) is 1. The van der Waals surface area contributed by atoms with Crippen LogP contribution < -0.4 is 16.2 Å². The Balaban J connectivity index is 1.99. The number of fused-ring (bicyclic) bond motifs is 1. The Morgan fingerprint density at radius 3 is 2.90 bits per heavy atom. The van der Waals surface area contributed by atoms with Crippen LogP contribution in [0.2, 0.25) is 0 Å². The predicted molar refractivity (Wildman–Crippen MR) is 88.9 cm³/mol. The first-order valence-electron chi connectivity index (χ1n) is 7.36. The zero-order valence-electron chi connectivity index (χ0n) is 12.8. The number of likely N-dealkylation sites (N-methyl/N-ethyl adjacent to an activating group) is 1. The first-order valence-corrected chi connectivity index (χ1v) is 8.17. The maximum Gasteiger partial charge on any atom is 0.240 e. The predicted octanol–water partition coefficient (Wildman–Crippen LogP) is 1.82. The van der Waals surface area contributed by atoms with E-state index in [2.05, 4.69) is 52.0 Å². The summed E-state index contributed by atoms with van der Waals surface area (Å²) in [6.45, 7) is 10.7. The molecule has 21 heavy (non-hydrogen) atoms. The Hall–Kier alpha value is -1.44. The number of hydrogen-bond acceptors (Lipinski definition) is 7. The van der Waals surface area contributed by atoms with Gasteiger partial charge in [-0.2, -0.15) is 4.98 Å². The minimum atomic E-state index is 0.491. The molecule has 1 fully saturated rings. The van der Waals surface area contributed by atoms with Gasteiger partial charge in [-0.15, -0.1) is 11.3 Å². The minimum Gasteiger partial charge on any atom is -0.353 e. The lowest BCUT2D eigenvalue weighted by molar-refractivity contribution is 0.199. The third-order valence-corrected chi connectivity index (χ3v) is 5.04. The average Bonchev–Trinajstić information content (AvgIpc) is 2.86. The van der Waals surface area contributed by atoms with Crippen molar-refractivity contribution in [3.05, 3.63) is 10.9 Å². The molecule has 1 aliphatic heterocycles. The van der Waals surface area contributed by atoms with Gasteiger partial charge in [-0.05, 0) is 26.5 Å². The Labute approximate surface area is 128 Å². The summed E-state index contributed by atoms with van der Waals surface area (Å²) in [5.74, 6) is 7.01. The molecule has 2 aromatic heterocycles. The maximum atomic E-state index is 5.52. The number of aromatic nitrogens is 2. The Kier molecular flexibility index (Phi) is 3.97. The molecule has 1 saturated heterocycles. The molecule has 0 amide bonds. The fourth-order valence-corrected chi connectivity index (χ4v) is 3.86. The van der Waals surface area contributed by atoms with Crippen molar-refractivity contribution in [1.82, 2.24) is 14.9 Å². The van der Waals surface area contributed by atoms with E-state index in [1.54, 1.807) is 11.3 Å². The molecule has 3 heterocycles. The van der Waals surface area contributed by atoms with Crippen molar-refractivity contribution in [2.75, 3.05) is 36.5 Å². The van der Waals surface area contributed by atoms with Crippen molar-refractivity contribution in [3.8, 4) is 0 Å². The summed E-state index contributed by atoms with van der Waals surface area (Å²) >= 11 is 1.68. The van der Waals surface area contributed by atoms with Gasteiger partial charge < -0.3 is 4.90 Å². The van der Waals surface area contributed by atoms with Crippen LogP contribution in [-0.2, 0) is 0 Å². The smallest absolute Gasteiger partial charge is 0.240 e. The lowest BCUT2D eigenvalue weighted by atomic mass is 10.2. The molecule has 2 aromatic rings. The molecular formula is C14H22N6S. The van der Waals surface area contributed by atoms with Crippen molar-refractivity contribution in [2.24, 2.45) is 5.84 Å². The third-order valence-electron chi connectivity index (χ3n) is 4.10. The number of anilines is 2. The number of piperazine rings is 1. The first kappa shape index (κ1) is 14.5. The topological polar surface area (TPSA) is 70.3 Å². The second-order valence-electron chi connectivity index (χ2n) is 5.51. The van der Waals surface area contributed by atoms with Crippen LogP contribution in [0.15, 0.2) is 6.07 Å². The van der Waals surface area contributed by atoms with Crippen LogP contribution in [-0.4, -0.2) is 47.1 Å². The van der Waals surface area contributed by atoms with Gasteiger partial charge in [-0.3, -0.25) is 10.3 Å². The van der Waals surface area contributed by atoms with Crippen LogP contribution in [0, 0.1) is 6.92 Å². The summed E-state index contributed by atoms with van der Waals surface area (Å²) in [5.41, 5.74) is 2.59. The maximum absolute atomic E-state index is 5.52. The van der Waals surface area contributed by atoms with Crippen LogP contribution in [0.3, 0.4) is 0 Å². The zero-order chi connectivity index (χ0) is 15.0. The van der Waals surface area contributed by atoms with Crippen molar-refractivity contribution in [1.29, 1.82) is 0 Å². The lowest BCUT2D eigenvalue weighted by Crippen LogP contribution is -2.52. The zero-order valence-corrected chi connectivity index (χ0v) is 13.6. The number of hydrogen-bond donors (Lipinski definition) is 2. The molecule has 0 bridgehead atoms. The quantitative estimate of drug-likeness (QED) is 0.666. The summed E-state index contributed by atoms with van der Waals surface area (Å²) in [5, 5.41) is 1.13. The molecule has 1 aliphatic rings. The number of aryl methyl sites for hydroxylation is 1. The molecule has 0 aromatic carbocycles. The van der Waals surface area contributed by atoms with Gasteiger partial charge in [0.1, 0.15) is 10.6 Å². The van der Waals surface area contributed by atoms with E-state index in [4.69, 9.17) is 5.84 Å². The number of nitrogen functional groups attached to an aromatic ring is 1. The van der Waals surface area contributed by atoms with E-state index in [1.807, 2.05) is 0 Å². The van der Waals surface area contributed by atoms with Crippen LogP contribution >= 0.6 is 11.3 Å². The molecular weight excluding hydrogens is 284 g/mol. The van der Waals surface area contributed by atoms with Gasteiger partial charge >= 0.3 is 0 Å². The molecule has 114 valence electrons. The van der Waals surface area contributed by atoms with Gasteiger partial charge in [0.05, 0.1) is 5.39 Å². The number of rotatable bonds is 3. The Bertz CT molecular complexity index is 640. The first-order chi connectivity index (χ1) is 10.1. The molecule has 1 atom stereocenters. The minimum absolute atomic E-state index is 0.491. The SMILES string of the molecule is CCN1CCN(c2nc(NN)nc3sc(C)cc23)CC1C. The summed E-state index contributed by atoms with van der Waals surface area (Å²) < 4.78 is 0. The molecule has 3 N–H and O–H groups in total. The average molecular weight is 306 g/mol. The van der Waals surface area contributed by atoms with E-state index in [1.165, 1.54) is 4.88 Å². The van der Waals surface area contributed by atoms with E-state index in [9.17, 15) is 0 Å². The summed E-state index contributed by atoms with van der Waals surface area (Å²) in [6.07, 6.45) is 0. The highest BCUT2D eigenvalue weighted by Crippen LogP contribution is 2.32. The normalized spacial score (nSPS) is 20.2. The number of nitrogens with zero attached hydrogens (tertiary/aromatic N) is 4. The second-order valence-corrected chi connectivity index (χ2v) is 6.75. The van der Waals surface area contributed by atoms with Gasteiger partial charge in [0.15, 0.2) is 0 Å². The standard InChI is InChI=1S/C14H22N6S/c1-4-19-5-6-20(8-9(19)2)12-11-7-10(3)21-13(11)17-14(16-12)18-15/h7,9H,4-6,8,15H2,1-3H3,(H,16,17,18). The second kappa shape index (κ2) is 5.75. The van der Waals surface area contributed by atoms with Gasteiger partial charge in [0.25, 0.3) is 0 Å². The largest absolute Gasteiger partial charge is 0.353 e. The van der Waals surface area contributed by atoms with Gasteiger partial charge in [-0.25, -0.2) is 10.8 Å². The molecule has 0 radical (unpaired) electrons. The Morgan fingerprint density at radius 1 is 1.43 bits per heavy atom. The number of hydrazine groups is 1. The summed E-state index contributed by atoms with van der Waals surface area (Å²) in [7, 11) is 0. The van der Waals surface area contributed by atoms with Crippen LogP contribution in [0.4, 0.5) is 11.8 Å². The molecule has 0 aliphatic carbocycles. The fourth-order valence-electron chi connectivity index (χ4n) is 2.99. The molecule has 3 rings (SSSR count). The Morgan fingerprint density at radius 2 is 2.24 bits per heavy atom. The molecule has 6 nitrogen and oxygen atoms in total. The summed E-state index contributed by atoms with van der Waals surface area (Å²) in [6, 6.07) is 2.70.